The number of nitrogens with zero attached hydrogens (tertiary/aromatic N) is 1. The lowest BCUT2D eigenvalue weighted by Gasteiger charge is -2.07. The van der Waals surface area contributed by atoms with E-state index in [0.29, 0.717) is 5.52 Å². The van der Waals surface area contributed by atoms with E-state index < -0.39 is 0 Å². The van der Waals surface area contributed by atoms with E-state index in [1.807, 2.05) is 55.5 Å². The molecule has 0 bridgehead atoms. The van der Waals surface area contributed by atoms with E-state index in [2.05, 4.69) is 5.32 Å². The Morgan fingerprint density at radius 3 is 2.67 bits per heavy atom. The second kappa shape index (κ2) is 5.32. The summed E-state index contributed by atoms with van der Waals surface area (Å²) in [7, 11) is 0. The molecule has 0 saturated carbocycles. The van der Waals surface area contributed by atoms with Gasteiger partial charge in [0.25, 0.3) is 0 Å². The highest BCUT2D eigenvalue weighted by atomic mass is 16.5. The highest BCUT2D eigenvalue weighted by Crippen LogP contribution is 2.21. The SMILES string of the molecule is Cc1ccccc1NC(=O)Cc1cn(O)c2ccccc12. The van der Waals surface area contributed by atoms with Gasteiger partial charge in [-0.15, -0.1) is 0 Å². The fourth-order valence-corrected chi connectivity index (χ4v) is 2.45. The lowest BCUT2D eigenvalue weighted by atomic mass is 10.1. The van der Waals surface area contributed by atoms with Gasteiger partial charge in [0.05, 0.1) is 11.9 Å². The molecule has 1 amide bonds. The molecule has 21 heavy (non-hydrogen) atoms. The summed E-state index contributed by atoms with van der Waals surface area (Å²) in [5.74, 6) is -0.0966. The summed E-state index contributed by atoms with van der Waals surface area (Å²) in [6.07, 6.45) is 1.81. The number of benzene rings is 2. The Kier molecular flexibility index (Phi) is 3.36. The third kappa shape index (κ3) is 2.60. The minimum Gasteiger partial charge on any atom is -0.428 e. The fraction of sp³-hybridized carbons (Fsp3) is 0.118. The molecule has 3 rings (SSSR count). The van der Waals surface area contributed by atoms with Gasteiger partial charge in [0.15, 0.2) is 0 Å². The number of hydrogen-bond donors (Lipinski definition) is 2. The molecule has 1 aromatic heterocycles. The summed E-state index contributed by atoms with van der Waals surface area (Å²) in [5.41, 5.74) is 3.35. The molecule has 0 atom stereocenters. The molecule has 106 valence electrons. The van der Waals surface area contributed by atoms with E-state index in [1.165, 1.54) is 0 Å². The predicted molar refractivity (Wildman–Crippen MR) is 82.6 cm³/mol. The maximum atomic E-state index is 12.2. The minimum atomic E-state index is -0.0966. The van der Waals surface area contributed by atoms with Crippen molar-refractivity contribution < 1.29 is 10.0 Å². The number of aryl methyl sites for hydroxylation is 1. The van der Waals surface area contributed by atoms with E-state index in [1.54, 1.807) is 6.20 Å². The first-order valence-corrected chi connectivity index (χ1v) is 6.79. The largest absolute Gasteiger partial charge is 0.428 e. The Hall–Kier alpha value is -2.75. The van der Waals surface area contributed by atoms with Gasteiger partial charge in [-0.3, -0.25) is 4.79 Å². The number of amides is 1. The number of nitrogens with one attached hydrogen (secondary N) is 1. The first-order valence-electron chi connectivity index (χ1n) is 6.79. The Balaban J connectivity index is 1.82. The van der Waals surface area contributed by atoms with Crippen LogP contribution in [0.15, 0.2) is 54.7 Å². The van der Waals surface area contributed by atoms with Crippen molar-refractivity contribution in [3.05, 3.63) is 65.9 Å². The van der Waals surface area contributed by atoms with Crippen molar-refractivity contribution in [2.24, 2.45) is 0 Å². The molecule has 0 radical (unpaired) electrons. The number of rotatable bonds is 3. The molecular weight excluding hydrogens is 264 g/mol. The average molecular weight is 280 g/mol. The number of para-hydroxylation sites is 2. The molecule has 0 aliphatic carbocycles. The van der Waals surface area contributed by atoms with Gasteiger partial charge in [-0.1, -0.05) is 36.4 Å². The maximum absolute atomic E-state index is 12.2. The summed E-state index contributed by atoms with van der Waals surface area (Å²) >= 11 is 0. The third-order valence-corrected chi connectivity index (χ3v) is 3.55. The first kappa shape index (κ1) is 13.2. The van der Waals surface area contributed by atoms with Crippen molar-refractivity contribution in [1.82, 2.24) is 4.73 Å². The Bertz CT molecular complexity index is 805. The van der Waals surface area contributed by atoms with Gasteiger partial charge >= 0.3 is 0 Å². The van der Waals surface area contributed by atoms with E-state index >= 15 is 0 Å². The molecule has 4 heteroatoms. The molecule has 0 aliphatic heterocycles. The topological polar surface area (TPSA) is 54.3 Å². The fourth-order valence-electron chi connectivity index (χ4n) is 2.45. The van der Waals surface area contributed by atoms with Crippen LogP contribution in [0, 0.1) is 6.92 Å². The van der Waals surface area contributed by atoms with Crippen molar-refractivity contribution in [3.8, 4) is 0 Å². The summed E-state index contributed by atoms with van der Waals surface area (Å²) in [6, 6.07) is 15.1. The lowest BCUT2D eigenvalue weighted by molar-refractivity contribution is -0.115. The molecule has 0 fully saturated rings. The van der Waals surface area contributed by atoms with Gasteiger partial charge in [-0.05, 0) is 30.2 Å². The molecule has 0 unspecified atom stereocenters. The standard InChI is InChI=1S/C17H16N2O2/c1-12-6-2-4-8-15(12)18-17(20)10-13-11-19(21)16-9-5-3-7-14(13)16/h2-9,11,21H,10H2,1H3,(H,18,20). The normalized spacial score (nSPS) is 10.7. The van der Waals surface area contributed by atoms with Crippen LogP contribution >= 0.6 is 0 Å². The van der Waals surface area contributed by atoms with Crippen molar-refractivity contribution in [2.45, 2.75) is 13.3 Å². The predicted octanol–water partition coefficient (Wildman–Crippen LogP) is 3.37. The van der Waals surface area contributed by atoms with Crippen LogP contribution in [0.1, 0.15) is 11.1 Å². The van der Waals surface area contributed by atoms with Crippen LogP contribution in [0.4, 0.5) is 5.69 Å². The minimum absolute atomic E-state index is 0.0966. The molecule has 0 aliphatic rings. The van der Waals surface area contributed by atoms with Crippen LogP contribution in [0.3, 0.4) is 0 Å². The molecule has 2 N–H and O–H groups in total. The lowest BCUT2D eigenvalue weighted by Crippen LogP contribution is -2.14. The summed E-state index contributed by atoms with van der Waals surface area (Å²) in [6.45, 7) is 1.95. The summed E-state index contributed by atoms with van der Waals surface area (Å²) in [5, 5.41) is 13.6. The van der Waals surface area contributed by atoms with Crippen LogP contribution in [-0.4, -0.2) is 15.8 Å². The number of hydrogen-bond acceptors (Lipinski definition) is 2. The van der Waals surface area contributed by atoms with Gasteiger partial charge in [-0.25, -0.2) is 0 Å². The van der Waals surface area contributed by atoms with E-state index in [4.69, 9.17) is 0 Å². The molecule has 1 heterocycles. The molecule has 3 aromatic rings. The second-order valence-electron chi connectivity index (χ2n) is 5.06. The molecular formula is C17H16N2O2. The van der Waals surface area contributed by atoms with Crippen LogP contribution < -0.4 is 5.32 Å². The summed E-state index contributed by atoms with van der Waals surface area (Å²) < 4.78 is 1.06. The van der Waals surface area contributed by atoms with Crippen molar-refractivity contribution in [3.63, 3.8) is 0 Å². The number of anilines is 1. The van der Waals surface area contributed by atoms with Crippen LogP contribution in [0.25, 0.3) is 10.9 Å². The van der Waals surface area contributed by atoms with Crippen molar-refractivity contribution >= 4 is 22.5 Å². The van der Waals surface area contributed by atoms with Gasteiger partial charge in [0.2, 0.25) is 5.91 Å². The quantitative estimate of drug-likeness (QED) is 0.723. The van der Waals surface area contributed by atoms with Crippen molar-refractivity contribution in [2.75, 3.05) is 5.32 Å². The highest BCUT2D eigenvalue weighted by molar-refractivity contribution is 5.96. The van der Waals surface area contributed by atoms with Crippen LogP contribution in [0.5, 0.6) is 0 Å². The highest BCUT2D eigenvalue weighted by Gasteiger charge is 2.12. The Morgan fingerprint density at radius 1 is 1.14 bits per heavy atom. The summed E-state index contributed by atoms with van der Waals surface area (Å²) in [4.78, 5) is 12.2. The smallest absolute Gasteiger partial charge is 0.228 e. The maximum Gasteiger partial charge on any atom is 0.228 e. The van der Waals surface area contributed by atoms with Crippen LogP contribution in [0.2, 0.25) is 0 Å². The average Bonchev–Trinajstić information content (AvgIpc) is 2.79. The van der Waals surface area contributed by atoms with Gasteiger partial charge in [0, 0.05) is 17.3 Å². The zero-order valence-corrected chi connectivity index (χ0v) is 11.7. The third-order valence-electron chi connectivity index (χ3n) is 3.55. The number of fused-ring (bicyclic) bond motifs is 1. The van der Waals surface area contributed by atoms with E-state index in [0.717, 1.165) is 26.9 Å². The van der Waals surface area contributed by atoms with E-state index in [-0.39, 0.29) is 12.3 Å². The van der Waals surface area contributed by atoms with Gasteiger partial charge in [-0.2, -0.15) is 4.73 Å². The van der Waals surface area contributed by atoms with E-state index in [9.17, 15) is 10.0 Å². The Labute approximate surface area is 122 Å². The number of carbonyl (C=O) groups is 1. The molecule has 0 saturated heterocycles. The zero-order valence-electron chi connectivity index (χ0n) is 11.7. The second-order valence-corrected chi connectivity index (χ2v) is 5.06. The Morgan fingerprint density at radius 2 is 1.86 bits per heavy atom. The van der Waals surface area contributed by atoms with Gasteiger partial charge in [0.1, 0.15) is 0 Å². The first-order chi connectivity index (χ1) is 10.1. The van der Waals surface area contributed by atoms with Crippen molar-refractivity contribution in [1.29, 1.82) is 0 Å². The molecule has 0 spiro atoms. The van der Waals surface area contributed by atoms with Crippen LogP contribution in [-0.2, 0) is 11.2 Å². The number of aromatic nitrogens is 1. The van der Waals surface area contributed by atoms with Gasteiger partial charge < -0.3 is 10.5 Å². The molecule has 4 nitrogen and oxygen atoms in total. The zero-order chi connectivity index (χ0) is 14.8. The number of carbonyl (C=O) groups excluding carboxylic acids is 1. The molecule has 2 aromatic carbocycles. The monoisotopic (exact) mass is 280 g/mol.